The summed E-state index contributed by atoms with van der Waals surface area (Å²) in [5.41, 5.74) is 4.00. The molecule has 0 amide bonds. The Balaban J connectivity index is 1.73. The van der Waals surface area contributed by atoms with Gasteiger partial charge in [0.25, 0.3) is 0 Å². The van der Waals surface area contributed by atoms with E-state index < -0.39 is 0 Å². The van der Waals surface area contributed by atoms with Gasteiger partial charge < -0.3 is 0 Å². The maximum atomic E-state index is 13.3. The second kappa shape index (κ2) is 7.11. The standard InChI is InChI=1S/C22H16F2N2O/c23-18-7-3-16(4-8-18)21-13-22(17-5-9-19(24)10-6-17)26(25-21)20-11-1-15(14-27)2-12-20/h1-12,14,22H,13H2/t22-/m1/s1. The van der Waals surface area contributed by atoms with E-state index >= 15 is 0 Å². The molecule has 1 heterocycles. The third kappa shape index (κ3) is 3.49. The van der Waals surface area contributed by atoms with Gasteiger partial charge >= 0.3 is 0 Å². The first-order valence-corrected chi connectivity index (χ1v) is 8.57. The van der Waals surface area contributed by atoms with Crippen LogP contribution >= 0.6 is 0 Å². The van der Waals surface area contributed by atoms with Crippen LogP contribution in [0.3, 0.4) is 0 Å². The van der Waals surface area contributed by atoms with Gasteiger partial charge in [-0.3, -0.25) is 9.80 Å². The lowest BCUT2D eigenvalue weighted by molar-refractivity contribution is 0.112. The number of halogens is 2. The van der Waals surface area contributed by atoms with Gasteiger partial charge in [0.1, 0.15) is 17.9 Å². The third-order valence-corrected chi connectivity index (χ3v) is 4.64. The number of nitrogens with zero attached hydrogens (tertiary/aromatic N) is 2. The summed E-state index contributed by atoms with van der Waals surface area (Å²) in [5.74, 6) is -0.591. The number of hydrogen-bond donors (Lipinski definition) is 0. The lowest BCUT2D eigenvalue weighted by Crippen LogP contribution is -2.18. The maximum Gasteiger partial charge on any atom is 0.150 e. The number of carbonyl (C=O) groups is 1. The van der Waals surface area contributed by atoms with Crippen molar-refractivity contribution in [3.8, 4) is 0 Å². The zero-order valence-corrected chi connectivity index (χ0v) is 14.3. The molecule has 0 unspecified atom stereocenters. The van der Waals surface area contributed by atoms with E-state index in [1.54, 1.807) is 36.4 Å². The predicted molar refractivity (Wildman–Crippen MR) is 101 cm³/mol. The van der Waals surface area contributed by atoms with Crippen molar-refractivity contribution >= 4 is 17.7 Å². The highest BCUT2D eigenvalue weighted by Gasteiger charge is 2.30. The van der Waals surface area contributed by atoms with E-state index in [-0.39, 0.29) is 17.7 Å². The zero-order chi connectivity index (χ0) is 18.8. The molecule has 0 fully saturated rings. The van der Waals surface area contributed by atoms with Crippen molar-refractivity contribution in [1.82, 2.24) is 0 Å². The number of anilines is 1. The van der Waals surface area contributed by atoms with Crippen LogP contribution in [0.4, 0.5) is 14.5 Å². The molecule has 0 aliphatic carbocycles. The Labute approximate surface area is 155 Å². The number of hydrazone groups is 1. The molecule has 0 spiro atoms. The van der Waals surface area contributed by atoms with Crippen LogP contribution in [0.2, 0.25) is 0 Å². The maximum absolute atomic E-state index is 13.3. The van der Waals surface area contributed by atoms with Crippen molar-refractivity contribution in [1.29, 1.82) is 0 Å². The minimum Gasteiger partial charge on any atom is -0.298 e. The van der Waals surface area contributed by atoms with Gasteiger partial charge in [-0.2, -0.15) is 5.10 Å². The second-order valence-corrected chi connectivity index (χ2v) is 6.38. The molecule has 3 nitrogen and oxygen atoms in total. The van der Waals surface area contributed by atoms with E-state index in [1.165, 1.54) is 24.3 Å². The topological polar surface area (TPSA) is 32.7 Å². The SMILES string of the molecule is O=Cc1ccc(N2N=C(c3ccc(F)cc3)C[C@@H]2c2ccc(F)cc2)cc1. The lowest BCUT2D eigenvalue weighted by Gasteiger charge is -2.24. The summed E-state index contributed by atoms with van der Waals surface area (Å²) < 4.78 is 26.6. The average Bonchev–Trinajstić information content (AvgIpc) is 3.14. The quantitative estimate of drug-likeness (QED) is 0.603. The first-order chi connectivity index (χ1) is 13.1. The van der Waals surface area contributed by atoms with Gasteiger partial charge in [-0.25, -0.2) is 8.78 Å². The normalized spacial score (nSPS) is 16.3. The molecular formula is C22H16F2N2O. The van der Waals surface area contributed by atoms with Gasteiger partial charge in [-0.15, -0.1) is 0 Å². The van der Waals surface area contributed by atoms with Crippen molar-refractivity contribution in [3.05, 3.63) is 101 Å². The van der Waals surface area contributed by atoms with Crippen LogP contribution in [0.1, 0.15) is 33.9 Å². The number of hydrogen-bond acceptors (Lipinski definition) is 3. The van der Waals surface area contributed by atoms with Crippen LogP contribution in [0.5, 0.6) is 0 Å². The van der Waals surface area contributed by atoms with Gasteiger partial charge in [0, 0.05) is 12.0 Å². The molecule has 3 aromatic rings. The largest absolute Gasteiger partial charge is 0.298 e. The first kappa shape index (κ1) is 17.1. The number of benzene rings is 3. The van der Waals surface area contributed by atoms with Crippen LogP contribution < -0.4 is 5.01 Å². The van der Waals surface area contributed by atoms with E-state index in [9.17, 15) is 13.6 Å². The number of rotatable bonds is 4. The van der Waals surface area contributed by atoms with Crippen molar-refractivity contribution in [2.45, 2.75) is 12.5 Å². The summed E-state index contributed by atoms with van der Waals surface area (Å²) in [7, 11) is 0. The fourth-order valence-electron chi connectivity index (χ4n) is 3.22. The fraction of sp³-hybridized carbons (Fsp3) is 0.0909. The summed E-state index contributed by atoms with van der Waals surface area (Å²) >= 11 is 0. The monoisotopic (exact) mass is 362 g/mol. The highest BCUT2D eigenvalue weighted by Crippen LogP contribution is 2.36. The molecule has 3 aromatic carbocycles. The minimum absolute atomic E-state index is 0.118. The Morgan fingerprint density at radius 1 is 0.852 bits per heavy atom. The van der Waals surface area contributed by atoms with Crippen molar-refractivity contribution < 1.29 is 13.6 Å². The molecule has 0 saturated heterocycles. The molecule has 0 saturated carbocycles. The van der Waals surface area contributed by atoms with E-state index in [1.807, 2.05) is 17.1 Å². The second-order valence-electron chi connectivity index (χ2n) is 6.38. The highest BCUT2D eigenvalue weighted by molar-refractivity contribution is 6.03. The Hall–Kier alpha value is -3.34. The highest BCUT2D eigenvalue weighted by atomic mass is 19.1. The Morgan fingerprint density at radius 3 is 2.04 bits per heavy atom. The van der Waals surface area contributed by atoms with Gasteiger partial charge in [0.05, 0.1) is 17.4 Å². The fourth-order valence-corrected chi connectivity index (χ4v) is 3.22. The van der Waals surface area contributed by atoms with Crippen LogP contribution in [0, 0.1) is 11.6 Å². The van der Waals surface area contributed by atoms with Crippen LogP contribution in [0.15, 0.2) is 77.9 Å². The van der Waals surface area contributed by atoms with Gasteiger partial charge in [-0.05, 0) is 59.7 Å². The molecule has 27 heavy (non-hydrogen) atoms. The molecule has 5 heteroatoms. The molecule has 0 radical (unpaired) electrons. The summed E-state index contributed by atoms with van der Waals surface area (Å²) in [5, 5.41) is 6.60. The van der Waals surface area contributed by atoms with Crippen LogP contribution in [0.25, 0.3) is 0 Å². The summed E-state index contributed by atoms with van der Waals surface area (Å²) in [6.07, 6.45) is 1.39. The third-order valence-electron chi connectivity index (χ3n) is 4.64. The van der Waals surface area contributed by atoms with E-state index in [0.29, 0.717) is 12.0 Å². The first-order valence-electron chi connectivity index (χ1n) is 8.57. The number of carbonyl (C=O) groups excluding carboxylic acids is 1. The molecular weight excluding hydrogens is 346 g/mol. The summed E-state index contributed by atoms with van der Waals surface area (Å²) in [4.78, 5) is 10.9. The van der Waals surface area contributed by atoms with Gasteiger partial charge in [0.2, 0.25) is 0 Å². The molecule has 1 atom stereocenters. The molecule has 0 aromatic heterocycles. The molecule has 4 rings (SSSR count). The average molecular weight is 362 g/mol. The Morgan fingerprint density at radius 2 is 1.44 bits per heavy atom. The van der Waals surface area contributed by atoms with Crippen molar-refractivity contribution in [2.24, 2.45) is 5.10 Å². The predicted octanol–water partition coefficient (Wildman–Crippen LogP) is 5.13. The van der Waals surface area contributed by atoms with E-state index in [2.05, 4.69) is 0 Å². The molecule has 0 N–H and O–H groups in total. The Bertz CT molecular complexity index is 980. The van der Waals surface area contributed by atoms with Crippen molar-refractivity contribution in [3.63, 3.8) is 0 Å². The molecule has 1 aliphatic rings. The summed E-state index contributed by atoms with van der Waals surface area (Å²) in [6.45, 7) is 0. The van der Waals surface area contributed by atoms with E-state index in [0.717, 1.165) is 28.8 Å². The zero-order valence-electron chi connectivity index (χ0n) is 14.3. The van der Waals surface area contributed by atoms with Crippen molar-refractivity contribution in [2.75, 3.05) is 5.01 Å². The van der Waals surface area contributed by atoms with Gasteiger partial charge in [0.15, 0.2) is 0 Å². The molecule has 0 bridgehead atoms. The smallest absolute Gasteiger partial charge is 0.150 e. The molecule has 1 aliphatic heterocycles. The number of aldehydes is 1. The van der Waals surface area contributed by atoms with Gasteiger partial charge in [-0.1, -0.05) is 24.3 Å². The lowest BCUT2D eigenvalue weighted by atomic mass is 9.98. The Kier molecular flexibility index (Phi) is 4.50. The summed E-state index contributed by atoms with van der Waals surface area (Å²) in [6, 6.07) is 19.6. The van der Waals surface area contributed by atoms with Crippen LogP contribution in [-0.4, -0.2) is 12.0 Å². The van der Waals surface area contributed by atoms with E-state index in [4.69, 9.17) is 5.10 Å². The minimum atomic E-state index is -0.297. The molecule has 134 valence electrons. The van der Waals surface area contributed by atoms with Crippen LogP contribution in [-0.2, 0) is 0 Å².